The fraction of sp³-hybridized carbons (Fsp3) is 0.200. The zero-order chi connectivity index (χ0) is 8.39. The van der Waals surface area contributed by atoms with Crippen molar-refractivity contribution in [1.82, 2.24) is 0 Å². The van der Waals surface area contributed by atoms with Crippen LogP contribution in [-0.4, -0.2) is 20.3 Å². The van der Waals surface area contributed by atoms with Crippen molar-refractivity contribution < 1.29 is 0 Å². The van der Waals surface area contributed by atoms with Gasteiger partial charge in [-0.1, -0.05) is 0 Å². The van der Waals surface area contributed by atoms with Gasteiger partial charge in [0.2, 0.25) is 0 Å². The Kier molecular flexibility index (Phi) is 2.59. The minimum atomic E-state index is 0.583. The predicted molar refractivity (Wildman–Crippen MR) is 58.4 cm³/mol. The van der Waals surface area contributed by atoms with Crippen LogP contribution in [0.4, 0.5) is 0 Å². The van der Waals surface area contributed by atoms with Gasteiger partial charge in [0.05, 0.1) is 0 Å². The van der Waals surface area contributed by atoms with Crippen LogP contribution < -0.4 is 0 Å². The Balaban J connectivity index is 2.47. The van der Waals surface area contributed by atoms with Crippen molar-refractivity contribution in [3.63, 3.8) is 0 Å². The summed E-state index contributed by atoms with van der Waals surface area (Å²) in [4.78, 5) is 0. The summed E-state index contributed by atoms with van der Waals surface area (Å²) in [5.74, 6) is 0.974. The number of fused-ring (bicyclic) bond motifs is 1. The van der Waals surface area contributed by atoms with Crippen LogP contribution in [-0.2, 0) is 6.42 Å². The van der Waals surface area contributed by atoms with Crippen LogP contribution in [0.2, 0.25) is 0 Å². The monoisotopic (exact) mass is 242 g/mol. The predicted octanol–water partition coefficient (Wildman–Crippen LogP) is 2.37. The molecule has 0 aliphatic heterocycles. The van der Waals surface area contributed by atoms with E-state index in [1.807, 2.05) is 0 Å². The van der Waals surface area contributed by atoms with E-state index in [9.17, 15) is 0 Å². The van der Waals surface area contributed by atoms with Gasteiger partial charge in [-0.05, 0) is 0 Å². The Morgan fingerprint density at radius 1 is 1.25 bits per heavy atom. The molecule has 1 aromatic heterocycles. The molecular weight excluding hydrogens is 231 g/mol. The maximum atomic E-state index is 4.24. The van der Waals surface area contributed by atoms with Crippen LogP contribution in [0, 0.1) is 0 Å². The number of aryl methyl sites for hydroxylation is 1. The maximum absolute atomic E-state index is 4.24. The molecule has 12 heavy (non-hydrogen) atoms. The van der Waals surface area contributed by atoms with Crippen LogP contribution >= 0.6 is 12.6 Å². The third kappa shape index (κ3) is 1.61. The van der Waals surface area contributed by atoms with Gasteiger partial charge in [-0.15, -0.1) is 0 Å². The zero-order valence-corrected chi connectivity index (χ0v) is 9.26. The van der Waals surface area contributed by atoms with Gasteiger partial charge in [0.15, 0.2) is 0 Å². The van der Waals surface area contributed by atoms with Crippen molar-refractivity contribution >= 4 is 36.8 Å². The first-order valence-electron chi connectivity index (χ1n) is 3.98. The van der Waals surface area contributed by atoms with E-state index in [2.05, 4.69) is 43.0 Å². The van der Waals surface area contributed by atoms with Crippen LogP contribution in [0.3, 0.4) is 0 Å². The molecule has 0 saturated carbocycles. The van der Waals surface area contributed by atoms with E-state index in [0.29, 0.717) is 14.5 Å². The summed E-state index contributed by atoms with van der Waals surface area (Å²) in [5.41, 5.74) is 0. The van der Waals surface area contributed by atoms with E-state index >= 15 is 0 Å². The Bertz CT molecular complexity index is 345. The second-order valence-electron chi connectivity index (χ2n) is 2.72. The second kappa shape index (κ2) is 3.69. The molecule has 62 valence electrons. The number of benzene rings is 1. The van der Waals surface area contributed by atoms with Gasteiger partial charge < -0.3 is 0 Å². The molecule has 0 N–H and O–H groups in total. The quantitative estimate of drug-likeness (QED) is 0.605. The summed E-state index contributed by atoms with van der Waals surface area (Å²) in [6, 6.07) is 11.0. The van der Waals surface area contributed by atoms with E-state index in [0.717, 1.165) is 12.2 Å². The van der Waals surface area contributed by atoms with Crippen molar-refractivity contribution in [2.45, 2.75) is 6.42 Å². The fourth-order valence-electron chi connectivity index (χ4n) is 1.27. The molecule has 0 nitrogen and oxygen atoms in total. The van der Waals surface area contributed by atoms with Crippen molar-refractivity contribution in [3.8, 4) is 0 Å². The summed E-state index contributed by atoms with van der Waals surface area (Å²) in [6.07, 6.45) is 1.15. The van der Waals surface area contributed by atoms with Gasteiger partial charge in [-0.3, -0.25) is 0 Å². The average molecular weight is 241 g/mol. The molecule has 0 amide bonds. The molecule has 2 heteroatoms. The summed E-state index contributed by atoms with van der Waals surface area (Å²) in [7, 11) is 0. The molecule has 0 bridgehead atoms. The summed E-state index contributed by atoms with van der Waals surface area (Å²) >= 11 is 4.83. The molecular formula is C10H10SSe. The normalized spacial score (nSPS) is 10.8. The zero-order valence-electron chi connectivity index (χ0n) is 6.66. The SMILES string of the molecule is SCCc1cc2ccccc2[se]1. The topological polar surface area (TPSA) is 0 Å². The molecule has 0 unspecified atom stereocenters. The van der Waals surface area contributed by atoms with Crippen LogP contribution in [0.1, 0.15) is 4.44 Å². The van der Waals surface area contributed by atoms with E-state index in [1.165, 1.54) is 9.65 Å². The molecule has 0 saturated heterocycles. The molecule has 0 spiro atoms. The van der Waals surface area contributed by atoms with Gasteiger partial charge in [0, 0.05) is 0 Å². The number of hydrogen-bond acceptors (Lipinski definition) is 1. The van der Waals surface area contributed by atoms with Crippen molar-refractivity contribution in [3.05, 3.63) is 34.8 Å². The molecule has 0 radical (unpaired) electrons. The first-order chi connectivity index (χ1) is 5.90. The van der Waals surface area contributed by atoms with Gasteiger partial charge in [-0.2, -0.15) is 0 Å². The van der Waals surface area contributed by atoms with Gasteiger partial charge in [0.25, 0.3) is 0 Å². The fourth-order valence-corrected chi connectivity index (χ4v) is 4.08. The Labute approximate surface area is 83.8 Å². The number of hydrogen-bond donors (Lipinski definition) is 1. The first kappa shape index (κ1) is 8.43. The molecule has 0 aliphatic carbocycles. The van der Waals surface area contributed by atoms with Crippen LogP contribution in [0.5, 0.6) is 0 Å². The van der Waals surface area contributed by atoms with Crippen LogP contribution in [0.25, 0.3) is 9.65 Å². The summed E-state index contributed by atoms with van der Waals surface area (Å²) < 4.78 is 3.11. The summed E-state index contributed by atoms with van der Waals surface area (Å²) in [6.45, 7) is 0. The van der Waals surface area contributed by atoms with Crippen molar-refractivity contribution in [2.75, 3.05) is 5.75 Å². The van der Waals surface area contributed by atoms with E-state index in [4.69, 9.17) is 0 Å². The average Bonchev–Trinajstić information content (AvgIpc) is 2.47. The van der Waals surface area contributed by atoms with Gasteiger partial charge >= 0.3 is 83.7 Å². The van der Waals surface area contributed by atoms with Gasteiger partial charge in [-0.25, -0.2) is 0 Å². The standard InChI is InChI=1S/C10H10SSe/c11-6-5-9-7-8-3-1-2-4-10(8)12-9/h1-4,7,11H,5-6H2. The Hall–Kier alpha value is -0.171. The van der Waals surface area contributed by atoms with Crippen LogP contribution in [0.15, 0.2) is 30.3 Å². The minimum absolute atomic E-state index is 0.583. The third-order valence-corrected chi connectivity index (χ3v) is 4.53. The molecule has 1 heterocycles. The Morgan fingerprint density at radius 3 is 2.83 bits per heavy atom. The molecule has 2 rings (SSSR count). The van der Waals surface area contributed by atoms with Gasteiger partial charge in [0.1, 0.15) is 0 Å². The summed E-state index contributed by atoms with van der Waals surface area (Å²) in [5, 5.41) is 1.43. The van der Waals surface area contributed by atoms with E-state index in [1.54, 1.807) is 4.44 Å². The Morgan fingerprint density at radius 2 is 2.08 bits per heavy atom. The molecule has 0 fully saturated rings. The van der Waals surface area contributed by atoms with E-state index in [-0.39, 0.29) is 0 Å². The number of rotatable bonds is 2. The van der Waals surface area contributed by atoms with Crippen molar-refractivity contribution in [2.24, 2.45) is 0 Å². The number of thiol groups is 1. The molecule has 2 aromatic rings. The van der Waals surface area contributed by atoms with E-state index < -0.39 is 0 Å². The molecule has 1 aromatic carbocycles. The first-order valence-corrected chi connectivity index (χ1v) is 6.33. The third-order valence-electron chi connectivity index (χ3n) is 1.83. The molecule has 0 atom stereocenters. The molecule has 0 aliphatic rings. The van der Waals surface area contributed by atoms with Crippen molar-refractivity contribution in [1.29, 1.82) is 0 Å². The second-order valence-corrected chi connectivity index (χ2v) is 5.62.